The third kappa shape index (κ3) is 4.50. The number of carbonyl (C=O) groups is 1. The maximum absolute atomic E-state index is 14.2. The smallest absolute Gasteiger partial charge is 0.221 e. The fourth-order valence-electron chi connectivity index (χ4n) is 5.15. The van der Waals surface area contributed by atoms with Crippen LogP contribution in [0, 0.1) is 15.3 Å². The number of carbonyl (C=O) groups excluding carboxylic acids is 1. The van der Waals surface area contributed by atoms with Crippen LogP contribution in [0.25, 0.3) is 4.91 Å². The van der Waals surface area contributed by atoms with E-state index < -0.39 is 4.87 Å². The van der Waals surface area contributed by atoms with Crippen molar-refractivity contribution in [3.63, 3.8) is 0 Å². The minimum atomic E-state index is -0.619. The van der Waals surface area contributed by atoms with Gasteiger partial charge in [0.2, 0.25) is 5.91 Å². The van der Waals surface area contributed by atoms with Gasteiger partial charge in [-0.15, -0.1) is 0 Å². The van der Waals surface area contributed by atoms with Gasteiger partial charge >= 0.3 is 0 Å². The Morgan fingerprint density at radius 1 is 1.24 bits per heavy atom. The van der Waals surface area contributed by atoms with Gasteiger partial charge in [0.25, 0.3) is 0 Å². The molecule has 8 heteroatoms. The Balaban J connectivity index is 1.57. The second kappa shape index (κ2) is 10.2. The van der Waals surface area contributed by atoms with Crippen LogP contribution in [0.2, 0.25) is 0 Å². The third-order valence-electron chi connectivity index (χ3n) is 6.86. The van der Waals surface area contributed by atoms with E-state index in [1.165, 1.54) is 6.07 Å². The van der Waals surface area contributed by atoms with Crippen LogP contribution in [0.1, 0.15) is 24.5 Å². The molecule has 5 nitrogen and oxygen atoms in total. The number of ether oxygens (including phenoxy) is 2. The van der Waals surface area contributed by atoms with Gasteiger partial charge in [0.1, 0.15) is 16.4 Å². The summed E-state index contributed by atoms with van der Waals surface area (Å²) in [5, 5.41) is 0. The SMILES string of the molecule is CC(=O)N1CC=C(c2cc(F)ccc2I)SC12c1ccccc1OCC2CCN1CCOCC1. The van der Waals surface area contributed by atoms with Gasteiger partial charge in [-0.2, -0.15) is 0 Å². The number of hydrogen-bond acceptors (Lipinski definition) is 5. The van der Waals surface area contributed by atoms with Gasteiger partial charge in [-0.1, -0.05) is 36.0 Å². The van der Waals surface area contributed by atoms with E-state index in [0.717, 1.165) is 64.6 Å². The van der Waals surface area contributed by atoms with Crippen molar-refractivity contribution in [2.45, 2.75) is 18.2 Å². The summed E-state index contributed by atoms with van der Waals surface area (Å²) in [4.78, 5) is 17.9. The van der Waals surface area contributed by atoms with E-state index in [2.05, 4.69) is 39.6 Å². The van der Waals surface area contributed by atoms with E-state index >= 15 is 0 Å². The quantitative estimate of drug-likeness (QED) is 0.469. The fraction of sp³-hybridized carbons (Fsp3) is 0.423. The predicted octanol–water partition coefficient (Wildman–Crippen LogP) is 4.95. The molecule has 0 saturated carbocycles. The average molecular weight is 594 g/mol. The van der Waals surface area contributed by atoms with Crippen molar-refractivity contribution in [1.29, 1.82) is 0 Å². The first kappa shape index (κ1) is 24.1. The zero-order valence-corrected chi connectivity index (χ0v) is 22.1. The highest BCUT2D eigenvalue weighted by molar-refractivity contribution is 14.1. The lowest BCUT2D eigenvalue weighted by atomic mass is 9.85. The summed E-state index contributed by atoms with van der Waals surface area (Å²) in [6.07, 6.45) is 2.95. The number of morpholine rings is 1. The van der Waals surface area contributed by atoms with Crippen molar-refractivity contribution in [1.82, 2.24) is 9.80 Å². The van der Waals surface area contributed by atoms with Gasteiger partial charge in [-0.3, -0.25) is 9.69 Å². The topological polar surface area (TPSA) is 42.0 Å². The van der Waals surface area contributed by atoms with Gasteiger partial charge in [-0.05, 0) is 59.8 Å². The molecule has 0 aromatic heterocycles. The van der Waals surface area contributed by atoms with Crippen molar-refractivity contribution < 1.29 is 18.7 Å². The molecule has 0 aliphatic carbocycles. The average Bonchev–Trinajstić information content (AvgIpc) is 2.85. The van der Waals surface area contributed by atoms with Crippen LogP contribution in [-0.2, 0) is 14.4 Å². The first-order chi connectivity index (χ1) is 16.5. The Morgan fingerprint density at radius 2 is 2.03 bits per heavy atom. The maximum Gasteiger partial charge on any atom is 0.221 e. The van der Waals surface area contributed by atoms with Crippen molar-refractivity contribution in [2.75, 3.05) is 46.0 Å². The lowest BCUT2D eigenvalue weighted by Crippen LogP contribution is -2.56. The molecule has 0 radical (unpaired) electrons. The highest BCUT2D eigenvalue weighted by Crippen LogP contribution is 2.59. The van der Waals surface area contributed by atoms with Gasteiger partial charge < -0.3 is 14.4 Å². The van der Waals surface area contributed by atoms with Crippen molar-refractivity contribution in [3.05, 3.63) is 69.1 Å². The zero-order valence-electron chi connectivity index (χ0n) is 19.1. The molecule has 5 rings (SSSR count). The van der Waals surface area contributed by atoms with Crippen LogP contribution < -0.4 is 4.74 Å². The van der Waals surface area contributed by atoms with Crippen LogP contribution in [0.4, 0.5) is 4.39 Å². The van der Waals surface area contributed by atoms with Crippen LogP contribution in [0.3, 0.4) is 0 Å². The summed E-state index contributed by atoms with van der Waals surface area (Å²) in [6, 6.07) is 13.0. The third-order valence-corrected chi connectivity index (χ3v) is 9.50. The molecule has 180 valence electrons. The molecule has 2 atom stereocenters. The Labute approximate surface area is 217 Å². The molecule has 34 heavy (non-hydrogen) atoms. The summed E-state index contributed by atoms with van der Waals surface area (Å²) in [7, 11) is 0. The zero-order chi connectivity index (χ0) is 23.7. The van der Waals surface area contributed by atoms with E-state index in [9.17, 15) is 9.18 Å². The molecule has 2 unspecified atom stereocenters. The lowest BCUT2D eigenvalue weighted by Gasteiger charge is -2.53. The molecular weight excluding hydrogens is 566 g/mol. The Morgan fingerprint density at radius 3 is 2.82 bits per heavy atom. The highest BCUT2D eigenvalue weighted by atomic mass is 127. The molecular formula is C26H28FIN2O3S. The number of fused-ring (bicyclic) bond motifs is 2. The van der Waals surface area contributed by atoms with Crippen molar-refractivity contribution in [3.8, 4) is 5.75 Å². The van der Waals surface area contributed by atoms with E-state index in [1.807, 2.05) is 29.2 Å². The van der Waals surface area contributed by atoms with E-state index in [-0.39, 0.29) is 17.6 Å². The van der Waals surface area contributed by atoms with Gasteiger partial charge in [0, 0.05) is 52.1 Å². The lowest BCUT2D eigenvalue weighted by molar-refractivity contribution is -0.134. The number of rotatable bonds is 4. The molecule has 1 spiro atoms. The molecule has 1 amide bonds. The number of halogens is 2. The number of thioether (sulfide) groups is 1. The first-order valence-corrected chi connectivity index (χ1v) is 13.5. The number of para-hydroxylation sites is 1. The molecule has 1 fully saturated rings. The standard InChI is InChI=1S/C26H28FIN2O3S/c1-18(31)30-11-9-25(21-16-20(27)6-7-23(21)28)34-26(30)19(8-10-29-12-14-32-15-13-29)17-33-24-5-3-2-4-22(24)26/h2-7,9,16,19H,8,10-15,17H2,1H3. The molecule has 3 heterocycles. The number of nitrogens with zero attached hydrogens (tertiary/aromatic N) is 2. The fourth-order valence-corrected chi connectivity index (χ4v) is 7.67. The Bertz CT molecular complexity index is 1110. The molecule has 2 aromatic carbocycles. The molecule has 0 bridgehead atoms. The van der Waals surface area contributed by atoms with Crippen LogP contribution in [-0.4, -0.2) is 61.7 Å². The molecule has 3 aliphatic heterocycles. The second-order valence-corrected chi connectivity index (χ2v) is 11.3. The number of amides is 1. The highest BCUT2D eigenvalue weighted by Gasteiger charge is 2.53. The second-order valence-electron chi connectivity index (χ2n) is 8.87. The summed E-state index contributed by atoms with van der Waals surface area (Å²) in [5.41, 5.74) is 1.90. The normalized spacial score (nSPS) is 25.0. The summed E-state index contributed by atoms with van der Waals surface area (Å²) in [5.74, 6) is 0.675. The number of hydrogen-bond donors (Lipinski definition) is 0. The van der Waals surface area contributed by atoms with Gasteiger partial charge in [0.15, 0.2) is 0 Å². The van der Waals surface area contributed by atoms with Crippen LogP contribution in [0.15, 0.2) is 48.5 Å². The first-order valence-electron chi connectivity index (χ1n) is 11.6. The van der Waals surface area contributed by atoms with Crippen LogP contribution in [0.5, 0.6) is 5.75 Å². The molecule has 3 aliphatic rings. The van der Waals surface area contributed by atoms with E-state index in [0.29, 0.717) is 13.2 Å². The molecule has 1 saturated heterocycles. The molecule has 0 N–H and O–H groups in total. The van der Waals surface area contributed by atoms with Crippen molar-refractivity contribution >= 4 is 45.2 Å². The van der Waals surface area contributed by atoms with E-state index in [1.54, 1.807) is 24.8 Å². The molecule has 2 aromatic rings. The van der Waals surface area contributed by atoms with Gasteiger partial charge in [-0.25, -0.2) is 4.39 Å². The van der Waals surface area contributed by atoms with Crippen LogP contribution >= 0.6 is 34.4 Å². The maximum atomic E-state index is 14.2. The summed E-state index contributed by atoms with van der Waals surface area (Å²) >= 11 is 3.94. The number of benzene rings is 2. The predicted molar refractivity (Wildman–Crippen MR) is 141 cm³/mol. The van der Waals surface area contributed by atoms with Gasteiger partial charge in [0.05, 0.1) is 19.8 Å². The summed E-state index contributed by atoms with van der Waals surface area (Å²) < 4.78 is 27.0. The monoisotopic (exact) mass is 594 g/mol. The summed E-state index contributed by atoms with van der Waals surface area (Å²) in [6.45, 7) is 6.94. The van der Waals surface area contributed by atoms with Crippen molar-refractivity contribution in [2.24, 2.45) is 5.92 Å². The Hall–Kier alpha value is -1.62. The van der Waals surface area contributed by atoms with E-state index in [4.69, 9.17) is 9.47 Å². The minimum Gasteiger partial charge on any atom is -0.493 e. The minimum absolute atomic E-state index is 0.0322. The largest absolute Gasteiger partial charge is 0.493 e. The Kier molecular flexibility index (Phi) is 7.20.